The van der Waals surface area contributed by atoms with Crippen LogP contribution in [0.2, 0.25) is 0 Å². The molecular formula is C20H17N5S. The predicted molar refractivity (Wildman–Crippen MR) is 108 cm³/mol. The van der Waals surface area contributed by atoms with E-state index in [4.69, 9.17) is 10.7 Å². The molecule has 0 spiro atoms. The number of hydrogen-bond acceptors (Lipinski definition) is 4. The number of nitrogens with zero attached hydrogens (tertiary/aromatic N) is 4. The average molecular weight is 359 g/mol. The molecule has 6 heteroatoms. The molecule has 5 nitrogen and oxygen atoms in total. The van der Waals surface area contributed by atoms with Crippen LogP contribution in [0.3, 0.4) is 0 Å². The van der Waals surface area contributed by atoms with Crippen molar-refractivity contribution >= 4 is 44.7 Å². The van der Waals surface area contributed by atoms with Crippen LogP contribution in [0.25, 0.3) is 10.9 Å². The lowest BCUT2D eigenvalue weighted by Crippen LogP contribution is -2.33. The van der Waals surface area contributed by atoms with Crippen LogP contribution in [0, 0.1) is 6.92 Å². The van der Waals surface area contributed by atoms with E-state index in [2.05, 4.69) is 9.97 Å². The van der Waals surface area contributed by atoms with Crippen LogP contribution in [0.4, 0.5) is 16.5 Å². The molecule has 0 saturated carbocycles. The maximum atomic E-state index is 6.44. The van der Waals surface area contributed by atoms with Crippen molar-refractivity contribution in [3.05, 3.63) is 77.9 Å². The standard InChI is InChI=1S/C20H17N5S/c1-14-13-18(16-9-5-6-10-17(16)23-14)24-19(21)25(20-22-11-12-26-20)15-7-3-2-4-8-15/h2-13H,1H3,(H2,21,23,24). The minimum atomic E-state index is 0.363. The number of rotatable bonds is 3. The molecule has 2 aromatic carbocycles. The number of fused-ring (bicyclic) bond motifs is 1. The quantitative estimate of drug-likeness (QED) is 0.422. The Labute approximate surface area is 155 Å². The molecule has 0 aliphatic rings. The molecule has 4 rings (SSSR count). The molecule has 0 amide bonds. The van der Waals surface area contributed by atoms with E-state index in [0.717, 1.165) is 33.1 Å². The molecule has 4 aromatic rings. The van der Waals surface area contributed by atoms with Gasteiger partial charge in [-0.1, -0.05) is 36.4 Å². The molecule has 2 aromatic heterocycles. The first-order valence-corrected chi connectivity index (χ1v) is 9.05. The van der Waals surface area contributed by atoms with E-state index in [1.54, 1.807) is 6.20 Å². The fraction of sp³-hybridized carbons (Fsp3) is 0.0500. The lowest BCUT2D eigenvalue weighted by molar-refractivity contribution is 1.22. The van der Waals surface area contributed by atoms with Gasteiger partial charge in [-0.15, -0.1) is 11.3 Å². The molecule has 0 radical (unpaired) electrons. The molecule has 0 aliphatic carbocycles. The van der Waals surface area contributed by atoms with Gasteiger partial charge in [0.05, 0.1) is 16.9 Å². The normalized spacial score (nSPS) is 11.7. The highest BCUT2D eigenvalue weighted by atomic mass is 32.1. The van der Waals surface area contributed by atoms with Gasteiger partial charge in [0.2, 0.25) is 5.96 Å². The topological polar surface area (TPSA) is 67.4 Å². The van der Waals surface area contributed by atoms with Crippen molar-refractivity contribution in [1.82, 2.24) is 9.97 Å². The Morgan fingerprint density at radius 3 is 2.62 bits per heavy atom. The van der Waals surface area contributed by atoms with Crippen molar-refractivity contribution in [3.63, 3.8) is 0 Å². The molecule has 0 saturated heterocycles. The summed E-state index contributed by atoms with van der Waals surface area (Å²) in [5.41, 5.74) is 9.95. The third kappa shape index (κ3) is 3.14. The number of aryl methyl sites for hydroxylation is 1. The van der Waals surface area contributed by atoms with Gasteiger partial charge in [0.25, 0.3) is 0 Å². The fourth-order valence-electron chi connectivity index (χ4n) is 2.80. The molecular weight excluding hydrogens is 342 g/mol. The Hall–Kier alpha value is -3.25. The minimum Gasteiger partial charge on any atom is -0.369 e. The Kier molecular flexibility index (Phi) is 4.33. The number of hydrogen-bond donors (Lipinski definition) is 1. The van der Waals surface area contributed by atoms with Gasteiger partial charge in [0.15, 0.2) is 5.13 Å². The van der Waals surface area contributed by atoms with Crippen molar-refractivity contribution < 1.29 is 0 Å². The van der Waals surface area contributed by atoms with Crippen molar-refractivity contribution in [2.75, 3.05) is 4.90 Å². The van der Waals surface area contributed by atoms with E-state index >= 15 is 0 Å². The largest absolute Gasteiger partial charge is 0.369 e. The monoisotopic (exact) mass is 359 g/mol. The van der Waals surface area contributed by atoms with Crippen LogP contribution in [0.1, 0.15) is 5.69 Å². The summed E-state index contributed by atoms with van der Waals surface area (Å²) in [6, 6.07) is 19.7. The highest BCUT2D eigenvalue weighted by Gasteiger charge is 2.16. The van der Waals surface area contributed by atoms with Crippen LogP contribution in [-0.4, -0.2) is 15.9 Å². The zero-order valence-electron chi connectivity index (χ0n) is 14.2. The highest BCUT2D eigenvalue weighted by molar-refractivity contribution is 7.13. The lowest BCUT2D eigenvalue weighted by atomic mass is 10.1. The second-order valence-corrected chi connectivity index (χ2v) is 6.63. The van der Waals surface area contributed by atoms with Crippen molar-refractivity contribution in [2.45, 2.75) is 6.92 Å². The third-order valence-electron chi connectivity index (χ3n) is 3.91. The maximum absolute atomic E-state index is 6.44. The van der Waals surface area contributed by atoms with E-state index in [9.17, 15) is 0 Å². The molecule has 26 heavy (non-hydrogen) atoms. The zero-order chi connectivity index (χ0) is 17.9. The van der Waals surface area contributed by atoms with E-state index in [-0.39, 0.29) is 0 Å². The summed E-state index contributed by atoms with van der Waals surface area (Å²) in [7, 11) is 0. The number of pyridine rings is 1. The lowest BCUT2D eigenvalue weighted by Gasteiger charge is -2.21. The summed E-state index contributed by atoms with van der Waals surface area (Å²) in [5.74, 6) is 0.363. The number of para-hydroxylation sites is 2. The van der Waals surface area contributed by atoms with Gasteiger partial charge in [-0.3, -0.25) is 9.88 Å². The van der Waals surface area contributed by atoms with Crippen LogP contribution in [0.15, 0.2) is 77.2 Å². The summed E-state index contributed by atoms with van der Waals surface area (Å²) >= 11 is 1.51. The van der Waals surface area contributed by atoms with Gasteiger partial charge in [0.1, 0.15) is 0 Å². The highest BCUT2D eigenvalue weighted by Crippen LogP contribution is 2.30. The molecule has 0 aliphatic heterocycles. The van der Waals surface area contributed by atoms with Crippen LogP contribution in [0.5, 0.6) is 0 Å². The summed E-state index contributed by atoms with van der Waals surface area (Å²) in [6.07, 6.45) is 1.76. The number of anilines is 2. The Balaban J connectivity index is 1.86. The number of nitrogens with two attached hydrogens (primary N) is 1. The number of guanidine groups is 1. The summed E-state index contributed by atoms with van der Waals surface area (Å²) in [4.78, 5) is 15.6. The summed E-state index contributed by atoms with van der Waals surface area (Å²) in [6.45, 7) is 1.96. The first-order chi connectivity index (χ1) is 12.7. The number of aliphatic imine (C=N–C) groups is 1. The second kappa shape index (κ2) is 6.93. The van der Waals surface area contributed by atoms with Crippen molar-refractivity contribution in [1.29, 1.82) is 0 Å². The van der Waals surface area contributed by atoms with E-state index in [1.807, 2.05) is 77.9 Å². The van der Waals surface area contributed by atoms with E-state index in [0.29, 0.717) is 5.96 Å². The SMILES string of the molecule is Cc1cc(N=C(N)N(c2ccccc2)c2nccs2)c2ccccc2n1. The predicted octanol–water partition coefficient (Wildman–Crippen LogP) is 4.78. The van der Waals surface area contributed by atoms with Crippen molar-refractivity contribution in [3.8, 4) is 0 Å². The Morgan fingerprint density at radius 2 is 1.85 bits per heavy atom. The molecule has 0 atom stereocenters. The molecule has 0 fully saturated rings. The average Bonchev–Trinajstić information content (AvgIpc) is 3.17. The van der Waals surface area contributed by atoms with Gasteiger partial charge in [-0.25, -0.2) is 9.98 Å². The van der Waals surface area contributed by atoms with Crippen LogP contribution >= 0.6 is 11.3 Å². The fourth-order valence-corrected chi connectivity index (χ4v) is 3.47. The zero-order valence-corrected chi connectivity index (χ0v) is 15.0. The maximum Gasteiger partial charge on any atom is 0.207 e. The molecule has 0 bridgehead atoms. The third-order valence-corrected chi connectivity index (χ3v) is 4.67. The van der Waals surface area contributed by atoms with Gasteiger partial charge < -0.3 is 5.73 Å². The van der Waals surface area contributed by atoms with Crippen molar-refractivity contribution in [2.24, 2.45) is 10.7 Å². The number of thiazole rings is 1. The molecule has 2 heterocycles. The number of benzene rings is 2. The Bertz CT molecular complexity index is 1060. The minimum absolute atomic E-state index is 0.363. The van der Waals surface area contributed by atoms with Crippen LogP contribution < -0.4 is 10.6 Å². The Morgan fingerprint density at radius 1 is 1.08 bits per heavy atom. The van der Waals surface area contributed by atoms with Gasteiger partial charge >= 0.3 is 0 Å². The first kappa shape index (κ1) is 16.2. The smallest absolute Gasteiger partial charge is 0.207 e. The molecule has 0 unspecified atom stereocenters. The number of aromatic nitrogens is 2. The molecule has 128 valence electrons. The first-order valence-electron chi connectivity index (χ1n) is 8.17. The second-order valence-electron chi connectivity index (χ2n) is 5.76. The van der Waals surface area contributed by atoms with Gasteiger partial charge in [-0.2, -0.15) is 0 Å². The van der Waals surface area contributed by atoms with E-state index in [1.165, 1.54) is 11.3 Å². The summed E-state index contributed by atoms with van der Waals surface area (Å²) in [5, 5.41) is 3.66. The molecule has 2 N–H and O–H groups in total. The van der Waals surface area contributed by atoms with E-state index < -0.39 is 0 Å². The van der Waals surface area contributed by atoms with Gasteiger partial charge in [-0.05, 0) is 31.2 Å². The van der Waals surface area contributed by atoms with Gasteiger partial charge in [0, 0.05) is 22.7 Å². The van der Waals surface area contributed by atoms with Crippen LogP contribution in [-0.2, 0) is 0 Å². The summed E-state index contributed by atoms with van der Waals surface area (Å²) < 4.78 is 0.